The fraction of sp³-hybridized carbons (Fsp3) is 0.625. The molecule has 0 bridgehead atoms. The van der Waals surface area contributed by atoms with E-state index < -0.39 is 0 Å². The number of ether oxygens (including phenoxy) is 1. The first kappa shape index (κ1) is 14.9. The molecule has 1 atom stereocenters. The topological polar surface area (TPSA) is 21.3 Å². The Kier molecular flexibility index (Phi) is 4.91. The van der Waals surface area contributed by atoms with Gasteiger partial charge in [-0.05, 0) is 56.3 Å². The van der Waals surface area contributed by atoms with Crippen molar-refractivity contribution < 1.29 is 4.74 Å². The summed E-state index contributed by atoms with van der Waals surface area (Å²) in [4.78, 5) is 0. The van der Waals surface area contributed by atoms with Gasteiger partial charge in [0.15, 0.2) is 0 Å². The van der Waals surface area contributed by atoms with Gasteiger partial charge in [-0.15, -0.1) is 0 Å². The van der Waals surface area contributed by atoms with Crippen molar-refractivity contribution in [3.63, 3.8) is 0 Å². The van der Waals surface area contributed by atoms with E-state index in [1.807, 2.05) is 0 Å². The van der Waals surface area contributed by atoms with Crippen LogP contribution in [0, 0.1) is 19.8 Å². The maximum absolute atomic E-state index is 5.70. The van der Waals surface area contributed by atoms with E-state index in [2.05, 4.69) is 48.1 Å². The second-order valence-corrected chi connectivity index (χ2v) is 6.33. The lowest BCUT2D eigenvalue weighted by Gasteiger charge is -2.36. The first-order valence-electron chi connectivity index (χ1n) is 7.17. The average molecular weight is 326 g/mol. The minimum Gasteiger partial charge on any atom is -0.496 e. The molecule has 0 radical (unpaired) electrons. The lowest BCUT2D eigenvalue weighted by Crippen LogP contribution is -2.33. The van der Waals surface area contributed by atoms with E-state index in [1.54, 1.807) is 7.11 Å². The summed E-state index contributed by atoms with van der Waals surface area (Å²) < 4.78 is 6.88. The third-order valence-electron chi connectivity index (χ3n) is 4.27. The molecule has 0 aromatic heterocycles. The van der Waals surface area contributed by atoms with E-state index in [9.17, 15) is 0 Å². The van der Waals surface area contributed by atoms with Gasteiger partial charge in [0.1, 0.15) is 5.75 Å². The van der Waals surface area contributed by atoms with Gasteiger partial charge >= 0.3 is 0 Å². The van der Waals surface area contributed by atoms with Gasteiger partial charge in [0.25, 0.3) is 0 Å². The summed E-state index contributed by atoms with van der Waals surface area (Å²) in [7, 11) is 1.78. The number of methoxy groups -OCH3 is 1. The molecule has 1 saturated carbocycles. The molecule has 1 aliphatic carbocycles. The zero-order valence-corrected chi connectivity index (χ0v) is 13.9. The Morgan fingerprint density at radius 1 is 1.42 bits per heavy atom. The lowest BCUT2D eigenvalue weighted by atomic mass is 9.75. The fourth-order valence-electron chi connectivity index (χ4n) is 3.02. The van der Waals surface area contributed by atoms with Crippen molar-refractivity contribution in [1.29, 1.82) is 0 Å². The van der Waals surface area contributed by atoms with Crippen LogP contribution >= 0.6 is 15.9 Å². The zero-order valence-electron chi connectivity index (χ0n) is 12.3. The molecule has 0 amide bonds. The molecular formula is C16H24BrNO. The standard InChI is InChI=1S/C16H24BrNO/c1-5-18-15(12-7-6-8-12)14-11(3)13(17)9-10(2)16(14)19-4/h9,12,15,18H,5-8H2,1-4H3. The molecule has 106 valence electrons. The molecule has 19 heavy (non-hydrogen) atoms. The van der Waals surface area contributed by atoms with Crippen molar-refractivity contribution in [2.24, 2.45) is 5.92 Å². The van der Waals surface area contributed by atoms with Crippen molar-refractivity contribution in [2.45, 2.75) is 46.1 Å². The highest BCUT2D eigenvalue weighted by atomic mass is 79.9. The van der Waals surface area contributed by atoms with Crippen LogP contribution in [0.4, 0.5) is 0 Å². The average Bonchev–Trinajstić information content (AvgIpc) is 2.30. The van der Waals surface area contributed by atoms with Crippen molar-refractivity contribution in [1.82, 2.24) is 5.32 Å². The van der Waals surface area contributed by atoms with Crippen LogP contribution in [0.2, 0.25) is 0 Å². The molecule has 0 saturated heterocycles. The van der Waals surface area contributed by atoms with E-state index in [1.165, 1.54) is 40.4 Å². The quantitative estimate of drug-likeness (QED) is 0.859. The second-order valence-electron chi connectivity index (χ2n) is 5.47. The monoisotopic (exact) mass is 325 g/mol. The van der Waals surface area contributed by atoms with Crippen LogP contribution in [0.3, 0.4) is 0 Å². The molecule has 2 rings (SSSR count). The summed E-state index contributed by atoms with van der Waals surface area (Å²) >= 11 is 3.69. The number of halogens is 1. The first-order valence-corrected chi connectivity index (χ1v) is 7.96. The molecule has 1 unspecified atom stereocenters. The Labute approximate surface area is 125 Å². The largest absolute Gasteiger partial charge is 0.496 e. The summed E-state index contributed by atoms with van der Waals surface area (Å²) in [6.45, 7) is 7.48. The van der Waals surface area contributed by atoms with Crippen LogP contribution in [0.15, 0.2) is 10.5 Å². The number of hydrogen-bond acceptors (Lipinski definition) is 2. The Hall–Kier alpha value is -0.540. The summed E-state index contributed by atoms with van der Waals surface area (Å²) in [5, 5.41) is 3.67. The molecule has 0 aliphatic heterocycles. The molecule has 1 aromatic carbocycles. The normalized spacial score (nSPS) is 17.1. The van der Waals surface area contributed by atoms with E-state index >= 15 is 0 Å². The summed E-state index contributed by atoms with van der Waals surface area (Å²) in [6, 6.07) is 2.58. The zero-order chi connectivity index (χ0) is 14.0. The molecule has 2 nitrogen and oxygen atoms in total. The van der Waals surface area contributed by atoms with Crippen molar-refractivity contribution in [3.8, 4) is 5.75 Å². The van der Waals surface area contributed by atoms with Gasteiger partial charge in [-0.3, -0.25) is 0 Å². The molecule has 3 heteroatoms. The highest BCUT2D eigenvalue weighted by Crippen LogP contribution is 2.44. The maximum Gasteiger partial charge on any atom is 0.126 e. The van der Waals surface area contributed by atoms with Gasteiger partial charge in [-0.1, -0.05) is 29.3 Å². The number of nitrogens with one attached hydrogen (secondary N) is 1. The van der Waals surface area contributed by atoms with Gasteiger partial charge in [0.2, 0.25) is 0 Å². The molecule has 1 aromatic rings. The Balaban J connectivity index is 2.50. The number of hydrogen-bond donors (Lipinski definition) is 1. The van der Waals surface area contributed by atoms with E-state index in [0.29, 0.717) is 6.04 Å². The van der Waals surface area contributed by atoms with Gasteiger partial charge in [0.05, 0.1) is 7.11 Å². The van der Waals surface area contributed by atoms with Crippen LogP contribution in [-0.4, -0.2) is 13.7 Å². The summed E-state index contributed by atoms with van der Waals surface area (Å²) in [5.74, 6) is 1.81. The lowest BCUT2D eigenvalue weighted by molar-refractivity contribution is 0.228. The van der Waals surface area contributed by atoms with Gasteiger partial charge in [-0.25, -0.2) is 0 Å². The predicted octanol–water partition coefficient (Wildman–Crippen LogP) is 4.53. The molecule has 1 N–H and O–H groups in total. The Morgan fingerprint density at radius 2 is 2.11 bits per heavy atom. The van der Waals surface area contributed by atoms with Gasteiger partial charge < -0.3 is 10.1 Å². The van der Waals surface area contributed by atoms with E-state index in [-0.39, 0.29) is 0 Å². The van der Waals surface area contributed by atoms with Crippen LogP contribution in [-0.2, 0) is 0 Å². The molecule has 1 aliphatic rings. The first-order chi connectivity index (χ1) is 9.10. The highest BCUT2D eigenvalue weighted by Gasteiger charge is 2.31. The number of rotatable bonds is 5. The number of aryl methyl sites for hydroxylation is 1. The van der Waals surface area contributed by atoms with Gasteiger partial charge in [-0.2, -0.15) is 0 Å². The van der Waals surface area contributed by atoms with Crippen molar-refractivity contribution >= 4 is 15.9 Å². The van der Waals surface area contributed by atoms with Crippen molar-refractivity contribution in [3.05, 3.63) is 27.2 Å². The van der Waals surface area contributed by atoms with Gasteiger partial charge in [0, 0.05) is 16.1 Å². The molecule has 1 fully saturated rings. The third-order valence-corrected chi connectivity index (χ3v) is 5.09. The van der Waals surface area contributed by atoms with E-state index in [0.717, 1.165) is 18.2 Å². The highest BCUT2D eigenvalue weighted by molar-refractivity contribution is 9.10. The van der Waals surface area contributed by atoms with Crippen LogP contribution in [0.25, 0.3) is 0 Å². The SMILES string of the molecule is CCNC(c1c(C)c(Br)cc(C)c1OC)C1CCC1. The molecule has 0 heterocycles. The van der Waals surface area contributed by atoms with Crippen LogP contribution < -0.4 is 10.1 Å². The Bertz CT molecular complexity index is 455. The Morgan fingerprint density at radius 3 is 2.58 bits per heavy atom. The van der Waals surface area contributed by atoms with Crippen LogP contribution in [0.5, 0.6) is 5.75 Å². The third kappa shape index (κ3) is 2.82. The summed E-state index contributed by atoms with van der Waals surface area (Å²) in [6.07, 6.45) is 4.01. The minimum atomic E-state index is 0.421. The second kappa shape index (κ2) is 6.27. The van der Waals surface area contributed by atoms with Crippen molar-refractivity contribution in [2.75, 3.05) is 13.7 Å². The molecular weight excluding hydrogens is 302 g/mol. The fourth-order valence-corrected chi connectivity index (χ4v) is 3.58. The predicted molar refractivity (Wildman–Crippen MR) is 83.9 cm³/mol. The summed E-state index contributed by atoms with van der Waals surface area (Å²) in [5.41, 5.74) is 3.86. The molecule has 0 spiro atoms. The van der Waals surface area contributed by atoms with Crippen LogP contribution in [0.1, 0.15) is 48.9 Å². The minimum absolute atomic E-state index is 0.421. The smallest absolute Gasteiger partial charge is 0.126 e. The van der Waals surface area contributed by atoms with E-state index in [4.69, 9.17) is 4.74 Å². The maximum atomic E-state index is 5.70. The number of benzene rings is 1.